The molecule has 2 atom stereocenters. The Balaban J connectivity index is 0.00000192. The van der Waals surface area contributed by atoms with Crippen molar-refractivity contribution in [3.05, 3.63) is 35.4 Å². The quantitative estimate of drug-likeness (QED) is 0.910. The highest BCUT2D eigenvalue weighted by Crippen LogP contribution is 2.28. The van der Waals surface area contributed by atoms with Crippen LogP contribution in [0.3, 0.4) is 0 Å². The van der Waals surface area contributed by atoms with Gasteiger partial charge in [0, 0.05) is 38.1 Å². The Bertz CT molecular complexity index is 508. The number of nitrogens with zero attached hydrogens (tertiary/aromatic N) is 2. The molecule has 0 spiro atoms. The number of carbonyl (C=O) groups is 1. The Hall–Kier alpha value is -1.55. The summed E-state index contributed by atoms with van der Waals surface area (Å²) in [5.74, 6) is 0.362. The summed E-state index contributed by atoms with van der Waals surface area (Å²) in [4.78, 5) is 16.6. The number of nitrogens with two attached hydrogens (primary N) is 1. The SMILES string of the molecule is C.CCc1ccc(C2CC(N)CN(C(=O)N3CCCC3)C2)cc1. The van der Waals surface area contributed by atoms with Gasteiger partial charge in [0.05, 0.1) is 0 Å². The minimum Gasteiger partial charge on any atom is -0.326 e. The fourth-order valence-electron chi connectivity index (χ4n) is 3.67. The highest BCUT2D eigenvalue weighted by molar-refractivity contribution is 5.75. The van der Waals surface area contributed by atoms with Gasteiger partial charge in [0.25, 0.3) is 0 Å². The molecule has 1 aromatic carbocycles. The summed E-state index contributed by atoms with van der Waals surface area (Å²) in [5.41, 5.74) is 8.90. The number of aryl methyl sites for hydroxylation is 1. The first-order valence-corrected chi connectivity index (χ1v) is 8.55. The fourth-order valence-corrected chi connectivity index (χ4v) is 3.67. The molecule has 0 radical (unpaired) electrons. The van der Waals surface area contributed by atoms with Crippen LogP contribution >= 0.6 is 0 Å². The Morgan fingerprint density at radius 1 is 1.13 bits per heavy atom. The fraction of sp³-hybridized carbons (Fsp3) is 0.632. The maximum Gasteiger partial charge on any atom is 0.320 e. The molecule has 2 N–H and O–H groups in total. The van der Waals surface area contributed by atoms with Crippen molar-refractivity contribution in [1.29, 1.82) is 0 Å². The standard InChI is InChI=1S/C18H27N3O.CH4/c1-2-14-5-7-15(8-6-14)16-11-17(19)13-21(12-16)18(22)20-9-3-4-10-20;/h5-8,16-17H,2-4,9-13,19H2,1H3;1H4. The molecule has 2 aliphatic rings. The van der Waals surface area contributed by atoms with Gasteiger partial charge in [-0.3, -0.25) is 0 Å². The van der Waals surface area contributed by atoms with Gasteiger partial charge in [-0.2, -0.15) is 0 Å². The van der Waals surface area contributed by atoms with Crippen LogP contribution in [-0.2, 0) is 6.42 Å². The van der Waals surface area contributed by atoms with Gasteiger partial charge < -0.3 is 15.5 Å². The van der Waals surface area contributed by atoms with Crippen LogP contribution in [0, 0.1) is 0 Å². The van der Waals surface area contributed by atoms with Crippen molar-refractivity contribution in [1.82, 2.24) is 9.80 Å². The number of amides is 2. The molecule has 2 heterocycles. The van der Waals surface area contributed by atoms with Gasteiger partial charge in [-0.1, -0.05) is 38.6 Å². The van der Waals surface area contributed by atoms with Gasteiger partial charge >= 0.3 is 6.03 Å². The maximum atomic E-state index is 12.6. The van der Waals surface area contributed by atoms with Gasteiger partial charge in [0.15, 0.2) is 0 Å². The van der Waals surface area contributed by atoms with E-state index in [1.54, 1.807) is 0 Å². The van der Waals surface area contributed by atoms with Gasteiger partial charge in [-0.25, -0.2) is 4.79 Å². The zero-order chi connectivity index (χ0) is 15.5. The van der Waals surface area contributed by atoms with Crippen molar-refractivity contribution in [3.8, 4) is 0 Å². The molecule has 2 aliphatic heterocycles. The lowest BCUT2D eigenvalue weighted by Gasteiger charge is -2.38. The Morgan fingerprint density at radius 3 is 2.39 bits per heavy atom. The number of likely N-dealkylation sites (tertiary alicyclic amines) is 2. The molecule has 4 heteroatoms. The van der Waals surface area contributed by atoms with Crippen molar-refractivity contribution in [2.75, 3.05) is 26.2 Å². The largest absolute Gasteiger partial charge is 0.326 e. The number of benzene rings is 1. The lowest BCUT2D eigenvalue weighted by Crippen LogP contribution is -2.52. The first-order valence-electron chi connectivity index (χ1n) is 8.55. The van der Waals surface area contributed by atoms with Crippen molar-refractivity contribution in [2.24, 2.45) is 5.73 Å². The molecule has 1 aromatic rings. The number of urea groups is 1. The van der Waals surface area contributed by atoms with Gasteiger partial charge in [-0.05, 0) is 36.8 Å². The van der Waals surface area contributed by atoms with E-state index in [0.29, 0.717) is 12.5 Å². The second kappa shape index (κ2) is 7.82. The topological polar surface area (TPSA) is 49.6 Å². The molecule has 2 amide bonds. The lowest BCUT2D eigenvalue weighted by atomic mass is 9.88. The number of rotatable bonds is 2. The predicted octanol–water partition coefficient (Wildman–Crippen LogP) is 3.22. The lowest BCUT2D eigenvalue weighted by molar-refractivity contribution is 0.141. The zero-order valence-electron chi connectivity index (χ0n) is 13.5. The van der Waals surface area contributed by atoms with E-state index in [0.717, 1.165) is 45.3 Å². The highest BCUT2D eigenvalue weighted by Gasteiger charge is 2.32. The second-order valence-corrected chi connectivity index (χ2v) is 6.67. The zero-order valence-corrected chi connectivity index (χ0v) is 13.5. The first kappa shape index (κ1) is 17.8. The molecule has 0 aromatic heterocycles. The molecule has 23 heavy (non-hydrogen) atoms. The predicted molar refractivity (Wildman–Crippen MR) is 95.7 cm³/mol. The Labute approximate surface area is 140 Å². The summed E-state index contributed by atoms with van der Waals surface area (Å²) in [6.45, 7) is 5.47. The van der Waals surface area contributed by atoms with Crippen molar-refractivity contribution < 1.29 is 4.79 Å². The third-order valence-corrected chi connectivity index (χ3v) is 4.99. The molecule has 3 rings (SSSR count). The van der Waals surface area contributed by atoms with Crippen LogP contribution in [0.1, 0.15) is 50.7 Å². The Morgan fingerprint density at radius 2 is 1.78 bits per heavy atom. The average Bonchev–Trinajstić information content (AvgIpc) is 3.08. The van der Waals surface area contributed by atoms with Crippen LogP contribution in [0.15, 0.2) is 24.3 Å². The van der Waals surface area contributed by atoms with E-state index in [1.807, 2.05) is 9.80 Å². The summed E-state index contributed by atoms with van der Waals surface area (Å²) in [6, 6.07) is 9.07. The molecular weight excluding hydrogens is 286 g/mol. The monoisotopic (exact) mass is 317 g/mol. The smallest absolute Gasteiger partial charge is 0.320 e. The molecule has 2 unspecified atom stereocenters. The number of piperidine rings is 1. The van der Waals surface area contributed by atoms with Crippen molar-refractivity contribution >= 4 is 6.03 Å². The van der Waals surface area contributed by atoms with Gasteiger partial charge in [0.1, 0.15) is 0 Å². The maximum absolute atomic E-state index is 12.6. The Kier molecular flexibility index (Phi) is 6.05. The first-order chi connectivity index (χ1) is 10.7. The van der Waals surface area contributed by atoms with Crippen LogP contribution in [0.25, 0.3) is 0 Å². The van der Waals surface area contributed by atoms with E-state index in [1.165, 1.54) is 11.1 Å². The van der Waals surface area contributed by atoms with Crippen LogP contribution < -0.4 is 5.73 Å². The summed E-state index contributed by atoms with van der Waals surface area (Å²) in [5, 5.41) is 0. The molecule has 4 nitrogen and oxygen atoms in total. The minimum absolute atomic E-state index is 0. The molecule has 128 valence electrons. The number of hydrogen-bond acceptors (Lipinski definition) is 2. The van der Waals surface area contributed by atoms with E-state index in [9.17, 15) is 4.79 Å². The van der Waals surface area contributed by atoms with Crippen molar-refractivity contribution in [3.63, 3.8) is 0 Å². The number of carbonyl (C=O) groups excluding carboxylic acids is 1. The molecule has 0 bridgehead atoms. The van der Waals surface area contributed by atoms with E-state index in [2.05, 4.69) is 31.2 Å². The van der Waals surface area contributed by atoms with Crippen molar-refractivity contribution in [2.45, 2.75) is 52.0 Å². The van der Waals surface area contributed by atoms with Gasteiger partial charge in [0.2, 0.25) is 0 Å². The van der Waals surface area contributed by atoms with E-state index in [-0.39, 0.29) is 19.5 Å². The summed E-state index contributed by atoms with van der Waals surface area (Å²) >= 11 is 0. The third-order valence-electron chi connectivity index (χ3n) is 4.99. The van der Waals surface area contributed by atoms with Crippen LogP contribution in [0.4, 0.5) is 4.79 Å². The number of hydrogen-bond donors (Lipinski definition) is 1. The third kappa shape index (κ3) is 4.05. The minimum atomic E-state index is 0. The summed E-state index contributed by atoms with van der Waals surface area (Å²) in [7, 11) is 0. The normalized spacial score (nSPS) is 24.4. The second-order valence-electron chi connectivity index (χ2n) is 6.67. The van der Waals surface area contributed by atoms with E-state index in [4.69, 9.17) is 5.73 Å². The molecular formula is C19H31N3O. The van der Waals surface area contributed by atoms with Gasteiger partial charge in [-0.15, -0.1) is 0 Å². The molecule has 2 fully saturated rings. The molecule has 2 saturated heterocycles. The van der Waals surface area contributed by atoms with E-state index < -0.39 is 0 Å². The van der Waals surface area contributed by atoms with Crippen LogP contribution in [-0.4, -0.2) is 48.1 Å². The molecule has 0 aliphatic carbocycles. The highest BCUT2D eigenvalue weighted by atomic mass is 16.2. The average molecular weight is 317 g/mol. The summed E-state index contributed by atoms with van der Waals surface area (Å²) in [6.07, 6.45) is 4.29. The van der Waals surface area contributed by atoms with Crippen LogP contribution in [0.5, 0.6) is 0 Å². The van der Waals surface area contributed by atoms with Crippen LogP contribution in [0.2, 0.25) is 0 Å². The molecule has 0 saturated carbocycles. The summed E-state index contributed by atoms with van der Waals surface area (Å²) < 4.78 is 0. The van der Waals surface area contributed by atoms with E-state index >= 15 is 0 Å².